The average Bonchev–Trinajstić information content (AvgIpc) is 2.80. The Hall–Kier alpha value is -1.76. The number of nitrogens with zero attached hydrogens (tertiary/aromatic N) is 2. The Morgan fingerprint density at radius 1 is 1.32 bits per heavy atom. The number of hydrogen-bond acceptors (Lipinski definition) is 4. The number of imidazole rings is 1. The average molecular weight is 325 g/mol. The SMILES string of the molecule is CCCCCOc1cccn2c(NS(=O)(=O)CC)c(C)nc12. The van der Waals surface area contributed by atoms with Gasteiger partial charge in [-0.3, -0.25) is 9.12 Å². The molecule has 1 N–H and O–H groups in total. The van der Waals surface area contributed by atoms with E-state index in [1.165, 1.54) is 0 Å². The molecular weight excluding hydrogens is 302 g/mol. The number of fused-ring (bicyclic) bond motifs is 1. The molecule has 122 valence electrons. The van der Waals surface area contributed by atoms with Gasteiger partial charge < -0.3 is 4.74 Å². The highest BCUT2D eigenvalue weighted by Gasteiger charge is 2.16. The molecular formula is C15H23N3O3S. The number of anilines is 1. The van der Waals surface area contributed by atoms with E-state index in [9.17, 15) is 8.42 Å². The van der Waals surface area contributed by atoms with Crippen LogP contribution in [0.2, 0.25) is 0 Å². The van der Waals surface area contributed by atoms with Gasteiger partial charge in [0, 0.05) is 6.20 Å². The molecule has 0 aliphatic carbocycles. The smallest absolute Gasteiger partial charge is 0.233 e. The molecule has 0 aliphatic heterocycles. The molecule has 2 aromatic rings. The van der Waals surface area contributed by atoms with Crippen molar-refractivity contribution in [2.75, 3.05) is 17.1 Å². The van der Waals surface area contributed by atoms with Gasteiger partial charge in [-0.1, -0.05) is 19.8 Å². The van der Waals surface area contributed by atoms with Crippen molar-refractivity contribution in [3.8, 4) is 5.75 Å². The Balaban J connectivity index is 2.31. The molecule has 0 fully saturated rings. The molecule has 0 spiro atoms. The lowest BCUT2D eigenvalue weighted by atomic mass is 10.3. The van der Waals surface area contributed by atoms with Gasteiger partial charge >= 0.3 is 0 Å². The van der Waals surface area contributed by atoms with Crippen LogP contribution in [0.4, 0.5) is 5.82 Å². The normalized spacial score (nSPS) is 11.8. The van der Waals surface area contributed by atoms with Crippen molar-refractivity contribution in [1.82, 2.24) is 9.38 Å². The van der Waals surface area contributed by atoms with Crippen LogP contribution in [0.15, 0.2) is 18.3 Å². The van der Waals surface area contributed by atoms with E-state index in [0.29, 0.717) is 29.5 Å². The molecule has 2 aromatic heterocycles. The van der Waals surface area contributed by atoms with Gasteiger partial charge in [0.1, 0.15) is 5.82 Å². The van der Waals surface area contributed by atoms with Gasteiger partial charge in [-0.2, -0.15) is 0 Å². The number of sulfonamides is 1. The summed E-state index contributed by atoms with van der Waals surface area (Å²) < 4.78 is 33.7. The second-order valence-electron chi connectivity index (χ2n) is 5.17. The minimum atomic E-state index is -3.35. The summed E-state index contributed by atoms with van der Waals surface area (Å²) in [7, 11) is -3.35. The van der Waals surface area contributed by atoms with Gasteiger partial charge in [0.2, 0.25) is 10.0 Å². The Labute approximate surface area is 131 Å². The molecule has 22 heavy (non-hydrogen) atoms. The van der Waals surface area contributed by atoms with Gasteiger partial charge in [0.15, 0.2) is 11.4 Å². The van der Waals surface area contributed by atoms with E-state index in [4.69, 9.17) is 4.74 Å². The van der Waals surface area contributed by atoms with Crippen LogP contribution in [0.25, 0.3) is 5.65 Å². The van der Waals surface area contributed by atoms with E-state index in [1.807, 2.05) is 12.1 Å². The summed E-state index contributed by atoms with van der Waals surface area (Å²) in [4.78, 5) is 4.44. The number of aromatic nitrogens is 2. The summed E-state index contributed by atoms with van der Waals surface area (Å²) in [5, 5.41) is 0. The third-order valence-electron chi connectivity index (χ3n) is 3.43. The van der Waals surface area contributed by atoms with Gasteiger partial charge in [-0.05, 0) is 32.4 Å². The van der Waals surface area contributed by atoms with Gasteiger partial charge in [0.25, 0.3) is 0 Å². The summed E-state index contributed by atoms with van der Waals surface area (Å²) in [6, 6.07) is 3.68. The molecule has 2 heterocycles. The molecule has 6 nitrogen and oxygen atoms in total. The third kappa shape index (κ3) is 3.71. The highest BCUT2D eigenvalue weighted by atomic mass is 32.2. The van der Waals surface area contributed by atoms with E-state index in [-0.39, 0.29) is 5.75 Å². The second-order valence-corrected chi connectivity index (χ2v) is 7.18. The number of nitrogens with one attached hydrogen (secondary N) is 1. The molecule has 0 saturated heterocycles. The topological polar surface area (TPSA) is 72.7 Å². The molecule has 0 atom stereocenters. The van der Waals surface area contributed by atoms with Crippen molar-refractivity contribution < 1.29 is 13.2 Å². The van der Waals surface area contributed by atoms with Crippen molar-refractivity contribution in [3.05, 3.63) is 24.0 Å². The maximum atomic E-state index is 11.8. The number of ether oxygens (including phenoxy) is 1. The maximum Gasteiger partial charge on any atom is 0.233 e. The highest BCUT2D eigenvalue weighted by Crippen LogP contribution is 2.25. The predicted octanol–water partition coefficient (Wildman–Crippen LogP) is 2.97. The van der Waals surface area contributed by atoms with Crippen LogP contribution >= 0.6 is 0 Å². The number of pyridine rings is 1. The zero-order valence-corrected chi connectivity index (χ0v) is 14.1. The molecule has 0 bridgehead atoms. The van der Waals surface area contributed by atoms with E-state index in [1.54, 1.807) is 24.4 Å². The molecule has 7 heteroatoms. The first-order chi connectivity index (χ1) is 10.5. The first kappa shape index (κ1) is 16.6. The fourth-order valence-electron chi connectivity index (χ4n) is 2.15. The van der Waals surface area contributed by atoms with Crippen LogP contribution < -0.4 is 9.46 Å². The molecule has 0 amide bonds. The van der Waals surface area contributed by atoms with Crippen LogP contribution in [-0.4, -0.2) is 30.2 Å². The molecule has 0 radical (unpaired) electrons. The quantitative estimate of drug-likeness (QED) is 0.757. The van der Waals surface area contributed by atoms with E-state index in [0.717, 1.165) is 19.3 Å². The van der Waals surface area contributed by atoms with Crippen molar-refractivity contribution in [3.63, 3.8) is 0 Å². The summed E-state index contributed by atoms with van der Waals surface area (Å²) in [5.74, 6) is 1.16. The number of rotatable bonds is 8. The largest absolute Gasteiger partial charge is 0.490 e. The minimum absolute atomic E-state index is 0.0207. The lowest BCUT2D eigenvalue weighted by molar-refractivity contribution is 0.308. The van der Waals surface area contributed by atoms with Crippen molar-refractivity contribution in [1.29, 1.82) is 0 Å². The van der Waals surface area contributed by atoms with Crippen LogP contribution in [0.5, 0.6) is 5.75 Å². The van der Waals surface area contributed by atoms with Crippen LogP contribution in [0, 0.1) is 6.92 Å². The van der Waals surface area contributed by atoms with Crippen molar-refractivity contribution in [2.24, 2.45) is 0 Å². The summed E-state index contributed by atoms with van der Waals surface area (Å²) in [6.07, 6.45) is 5.03. The first-order valence-electron chi connectivity index (χ1n) is 7.59. The van der Waals surface area contributed by atoms with E-state index in [2.05, 4.69) is 16.6 Å². The van der Waals surface area contributed by atoms with E-state index < -0.39 is 10.0 Å². The maximum absolute atomic E-state index is 11.8. The van der Waals surface area contributed by atoms with Crippen molar-refractivity contribution in [2.45, 2.75) is 40.0 Å². The molecule has 2 rings (SSSR count). The molecule has 0 saturated carbocycles. The van der Waals surface area contributed by atoms with Gasteiger partial charge in [-0.25, -0.2) is 13.4 Å². The number of hydrogen-bond donors (Lipinski definition) is 1. The summed E-state index contributed by atoms with van der Waals surface area (Å²) >= 11 is 0. The number of unbranched alkanes of at least 4 members (excludes halogenated alkanes) is 2. The monoisotopic (exact) mass is 325 g/mol. The van der Waals surface area contributed by atoms with Gasteiger partial charge in [-0.15, -0.1) is 0 Å². The third-order valence-corrected chi connectivity index (χ3v) is 4.69. The summed E-state index contributed by atoms with van der Waals surface area (Å²) in [5.41, 5.74) is 1.26. The highest BCUT2D eigenvalue weighted by molar-refractivity contribution is 7.92. The first-order valence-corrected chi connectivity index (χ1v) is 9.24. The minimum Gasteiger partial charge on any atom is -0.490 e. The Morgan fingerprint density at radius 3 is 2.77 bits per heavy atom. The molecule has 0 unspecified atom stereocenters. The Kier molecular flexibility index (Phi) is 5.28. The Bertz CT molecular complexity index is 738. The van der Waals surface area contributed by atoms with E-state index >= 15 is 0 Å². The Morgan fingerprint density at radius 2 is 2.09 bits per heavy atom. The van der Waals surface area contributed by atoms with Crippen LogP contribution in [-0.2, 0) is 10.0 Å². The van der Waals surface area contributed by atoms with Crippen LogP contribution in [0.3, 0.4) is 0 Å². The standard InChI is InChI=1S/C15H23N3O3S/c1-4-6-7-11-21-13-9-8-10-18-14(12(3)16-15(13)18)17-22(19,20)5-2/h8-10,17H,4-7,11H2,1-3H3. The van der Waals surface area contributed by atoms with Gasteiger partial charge in [0.05, 0.1) is 18.1 Å². The fourth-order valence-corrected chi connectivity index (χ4v) is 2.83. The molecule has 0 aromatic carbocycles. The molecule has 0 aliphatic rings. The lowest BCUT2D eigenvalue weighted by Crippen LogP contribution is -2.16. The zero-order chi connectivity index (χ0) is 16.2. The predicted molar refractivity (Wildman–Crippen MR) is 88.0 cm³/mol. The summed E-state index contributed by atoms with van der Waals surface area (Å²) in [6.45, 7) is 6.16. The zero-order valence-electron chi connectivity index (χ0n) is 13.3. The second kappa shape index (κ2) is 7.00. The number of aryl methyl sites for hydroxylation is 1. The fraction of sp³-hybridized carbons (Fsp3) is 0.533. The van der Waals surface area contributed by atoms with Crippen molar-refractivity contribution >= 4 is 21.5 Å². The lowest BCUT2D eigenvalue weighted by Gasteiger charge is -2.09. The van der Waals surface area contributed by atoms with Crippen LogP contribution in [0.1, 0.15) is 38.8 Å².